The molecular formula is C19H21N3O3. The first-order chi connectivity index (χ1) is 12.0. The van der Waals surface area contributed by atoms with Gasteiger partial charge in [0.25, 0.3) is 11.6 Å². The molecule has 0 saturated carbocycles. The van der Waals surface area contributed by atoms with Crippen molar-refractivity contribution >= 4 is 23.0 Å². The highest BCUT2D eigenvalue weighted by molar-refractivity contribution is 6.05. The number of amides is 1. The van der Waals surface area contributed by atoms with Gasteiger partial charge in [0.05, 0.1) is 4.92 Å². The molecule has 0 radical (unpaired) electrons. The highest BCUT2D eigenvalue weighted by Crippen LogP contribution is 2.31. The Balaban J connectivity index is 1.85. The lowest BCUT2D eigenvalue weighted by Gasteiger charge is -2.28. The molecule has 2 aromatic carbocycles. The van der Waals surface area contributed by atoms with Crippen molar-refractivity contribution in [3.8, 4) is 0 Å². The third-order valence-electron chi connectivity index (χ3n) is 4.41. The lowest BCUT2D eigenvalue weighted by atomic mass is 10.1. The molecule has 0 aromatic heterocycles. The van der Waals surface area contributed by atoms with E-state index in [1.165, 1.54) is 6.07 Å². The maximum atomic E-state index is 12.4. The second-order valence-corrected chi connectivity index (χ2v) is 6.33. The first-order valence-corrected chi connectivity index (χ1v) is 8.46. The molecule has 3 rings (SSSR count). The smallest absolute Gasteiger partial charge is 0.293 e. The molecule has 1 heterocycles. The van der Waals surface area contributed by atoms with Gasteiger partial charge in [-0.25, -0.2) is 0 Å². The van der Waals surface area contributed by atoms with Crippen molar-refractivity contribution in [1.82, 2.24) is 0 Å². The summed E-state index contributed by atoms with van der Waals surface area (Å²) in [6.45, 7) is 3.57. The van der Waals surface area contributed by atoms with Crippen LogP contribution in [0.4, 0.5) is 17.1 Å². The van der Waals surface area contributed by atoms with Gasteiger partial charge in [0.1, 0.15) is 5.69 Å². The highest BCUT2D eigenvalue weighted by Gasteiger charge is 2.23. The van der Waals surface area contributed by atoms with Crippen LogP contribution in [-0.2, 0) is 0 Å². The molecule has 6 nitrogen and oxygen atoms in total. The van der Waals surface area contributed by atoms with E-state index in [0.29, 0.717) is 11.4 Å². The summed E-state index contributed by atoms with van der Waals surface area (Å²) < 4.78 is 0. The summed E-state index contributed by atoms with van der Waals surface area (Å²) in [4.78, 5) is 25.6. The zero-order valence-corrected chi connectivity index (χ0v) is 14.2. The average Bonchev–Trinajstić information content (AvgIpc) is 2.62. The maximum Gasteiger partial charge on any atom is 0.293 e. The van der Waals surface area contributed by atoms with Crippen LogP contribution in [0.5, 0.6) is 0 Å². The number of carbonyl (C=O) groups is 1. The van der Waals surface area contributed by atoms with Gasteiger partial charge in [0, 0.05) is 30.4 Å². The number of nitrogens with zero attached hydrogens (tertiary/aromatic N) is 2. The van der Waals surface area contributed by atoms with Crippen LogP contribution in [0.2, 0.25) is 0 Å². The Morgan fingerprint density at radius 1 is 1.12 bits per heavy atom. The third-order valence-corrected chi connectivity index (χ3v) is 4.41. The van der Waals surface area contributed by atoms with Gasteiger partial charge < -0.3 is 10.2 Å². The Morgan fingerprint density at radius 2 is 1.88 bits per heavy atom. The van der Waals surface area contributed by atoms with Gasteiger partial charge in [0.15, 0.2) is 0 Å². The Kier molecular flexibility index (Phi) is 4.97. The van der Waals surface area contributed by atoms with Gasteiger partial charge in [-0.15, -0.1) is 0 Å². The number of nitro groups is 1. The number of benzene rings is 2. The van der Waals surface area contributed by atoms with Gasteiger partial charge in [0.2, 0.25) is 0 Å². The van der Waals surface area contributed by atoms with Gasteiger partial charge in [-0.2, -0.15) is 0 Å². The van der Waals surface area contributed by atoms with Crippen LogP contribution in [0.15, 0.2) is 42.5 Å². The molecule has 2 aromatic rings. The molecule has 1 N–H and O–H groups in total. The lowest BCUT2D eigenvalue weighted by molar-refractivity contribution is -0.384. The Bertz CT molecular complexity index is 798. The van der Waals surface area contributed by atoms with Crippen LogP contribution < -0.4 is 10.2 Å². The van der Waals surface area contributed by atoms with E-state index in [2.05, 4.69) is 5.32 Å². The van der Waals surface area contributed by atoms with E-state index < -0.39 is 4.92 Å². The fraction of sp³-hybridized carbons (Fsp3) is 0.316. The number of carbonyl (C=O) groups excluding carboxylic acids is 1. The summed E-state index contributed by atoms with van der Waals surface area (Å²) in [7, 11) is 0. The van der Waals surface area contributed by atoms with Gasteiger partial charge in [-0.1, -0.05) is 12.1 Å². The monoisotopic (exact) mass is 339 g/mol. The summed E-state index contributed by atoms with van der Waals surface area (Å²) in [6.07, 6.45) is 3.22. The van der Waals surface area contributed by atoms with Crippen LogP contribution in [0, 0.1) is 17.0 Å². The number of aryl methyl sites for hydroxylation is 1. The molecule has 1 fully saturated rings. The van der Waals surface area contributed by atoms with Gasteiger partial charge in [-0.05, 0) is 56.0 Å². The second-order valence-electron chi connectivity index (χ2n) is 6.33. The zero-order valence-electron chi connectivity index (χ0n) is 14.2. The van der Waals surface area contributed by atoms with Gasteiger partial charge >= 0.3 is 0 Å². The maximum absolute atomic E-state index is 12.4. The molecule has 0 atom stereocenters. The highest BCUT2D eigenvalue weighted by atomic mass is 16.6. The second kappa shape index (κ2) is 7.34. The minimum Gasteiger partial charge on any atom is -0.366 e. The van der Waals surface area contributed by atoms with Crippen molar-refractivity contribution in [2.24, 2.45) is 0 Å². The van der Waals surface area contributed by atoms with Crippen LogP contribution in [0.25, 0.3) is 0 Å². The lowest BCUT2D eigenvalue weighted by Crippen LogP contribution is -2.30. The molecule has 1 saturated heterocycles. The summed E-state index contributed by atoms with van der Waals surface area (Å²) in [5.41, 5.74) is 2.57. The molecule has 0 bridgehead atoms. The third kappa shape index (κ3) is 3.96. The van der Waals surface area contributed by atoms with E-state index in [1.54, 1.807) is 18.2 Å². The standard InChI is InChI=1S/C19H21N3O3/c1-14-6-5-7-16(12-14)20-19(23)15-8-9-17(18(13-15)22(24)25)21-10-3-2-4-11-21/h5-9,12-13H,2-4,10-11H2,1H3,(H,20,23). The van der Waals surface area contributed by atoms with E-state index in [0.717, 1.165) is 37.9 Å². The molecule has 130 valence electrons. The summed E-state index contributed by atoms with van der Waals surface area (Å²) in [6, 6.07) is 12.2. The molecular weight excluding hydrogens is 318 g/mol. The number of hydrogen-bond acceptors (Lipinski definition) is 4. The summed E-state index contributed by atoms with van der Waals surface area (Å²) >= 11 is 0. The minimum atomic E-state index is -0.409. The van der Waals surface area contributed by atoms with Crippen molar-refractivity contribution < 1.29 is 9.72 Å². The number of hydrogen-bond donors (Lipinski definition) is 1. The Labute approximate surface area is 146 Å². The van der Waals surface area contributed by atoms with E-state index in [4.69, 9.17) is 0 Å². The number of piperidine rings is 1. The zero-order chi connectivity index (χ0) is 17.8. The van der Waals surface area contributed by atoms with E-state index in [1.807, 2.05) is 30.0 Å². The molecule has 25 heavy (non-hydrogen) atoms. The fourth-order valence-electron chi connectivity index (χ4n) is 3.14. The molecule has 0 aliphatic carbocycles. The molecule has 1 aliphatic heterocycles. The number of rotatable bonds is 4. The normalized spacial score (nSPS) is 14.2. The molecule has 1 aliphatic rings. The SMILES string of the molecule is Cc1cccc(NC(=O)c2ccc(N3CCCCC3)c([N+](=O)[O-])c2)c1. The van der Waals surface area contributed by atoms with Crippen LogP contribution in [-0.4, -0.2) is 23.9 Å². The van der Waals surface area contributed by atoms with Crippen molar-refractivity contribution in [1.29, 1.82) is 0 Å². The van der Waals surface area contributed by atoms with Crippen LogP contribution in [0.3, 0.4) is 0 Å². The molecule has 0 spiro atoms. The minimum absolute atomic E-state index is 0.0150. The number of anilines is 2. The molecule has 0 unspecified atom stereocenters. The first-order valence-electron chi connectivity index (χ1n) is 8.46. The summed E-state index contributed by atoms with van der Waals surface area (Å²) in [5.74, 6) is -0.348. The van der Waals surface area contributed by atoms with Crippen LogP contribution in [0.1, 0.15) is 35.2 Å². The van der Waals surface area contributed by atoms with Crippen molar-refractivity contribution in [3.63, 3.8) is 0 Å². The number of nitrogens with one attached hydrogen (secondary N) is 1. The summed E-state index contributed by atoms with van der Waals surface area (Å²) in [5, 5.41) is 14.3. The quantitative estimate of drug-likeness (QED) is 0.671. The van der Waals surface area contributed by atoms with Crippen LogP contribution >= 0.6 is 0 Å². The van der Waals surface area contributed by atoms with Crippen molar-refractivity contribution in [2.45, 2.75) is 26.2 Å². The predicted octanol–water partition coefficient (Wildman–Crippen LogP) is 4.15. The van der Waals surface area contributed by atoms with E-state index in [9.17, 15) is 14.9 Å². The van der Waals surface area contributed by atoms with E-state index in [-0.39, 0.29) is 17.2 Å². The van der Waals surface area contributed by atoms with Crippen molar-refractivity contribution in [3.05, 3.63) is 63.7 Å². The topological polar surface area (TPSA) is 75.5 Å². The largest absolute Gasteiger partial charge is 0.366 e. The number of nitro benzene ring substituents is 1. The predicted molar refractivity (Wildman–Crippen MR) is 98.3 cm³/mol. The van der Waals surface area contributed by atoms with E-state index >= 15 is 0 Å². The van der Waals surface area contributed by atoms with Crippen molar-refractivity contribution in [2.75, 3.05) is 23.3 Å². The molecule has 6 heteroatoms. The Morgan fingerprint density at radius 3 is 2.56 bits per heavy atom. The average molecular weight is 339 g/mol. The van der Waals surface area contributed by atoms with Gasteiger partial charge in [-0.3, -0.25) is 14.9 Å². The molecule has 1 amide bonds. The Hall–Kier alpha value is -2.89. The fourth-order valence-corrected chi connectivity index (χ4v) is 3.14. The first kappa shape index (κ1) is 17.0.